The number of nitrogens with zero attached hydrogens (tertiary/aromatic N) is 1. The van der Waals surface area contributed by atoms with Gasteiger partial charge >= 0.3 is 0 Å². The fourth-order valence-corrected chi connectivity index (χ4v) is 4.28. The molecule has 3 rings (SSSR count). The van der Waals surface area contributed by atoms with Gasteiger partial charge in [0.25, 0.3) is 10.0 Å². The van der Waals surface area contributed by atoms with E-state index in [4.69, 9.17) is 0 Å². The molecule has 0 bridgehead atoms. The second kappa shape index (κ2) is 6.11. The van der Waals surface area contributed by atoms with Gasteiger partial charge in [0, 0.05) is 11.1 Å². The quantitative estimate of drug-likeness (QED) is 0.761. The highest BCUT2D eigenvalue weighted by molar-refractivity contribution is 9.12. The standard InChI is InChI=1S/C18H14BrNO3S/c1-11-7-8-12(2)17(9-11)24(22,23)20-16-10-15(19)18(21)14-6-4-3-5-13(14)16/h3-10H,1-2H3. The maximum atomic E-state index is 12.8. The first-order valence-electron chi connectivity index (χ1n) is 7.23. The van der Waals surface area contributed by atoms with Crippen LogP contribution in [0.15, 0.2) is 62.3 Å². The number of halogens is 1. The maximum Gasteiger partial charge on any atom is 0.283 e. The molecule has 2 aromatic carbocycles. The van der Waals surface area contributed by atoms with Gasteiger partial charge < -0.3 is 0 Å². The summed E-state index contributed by atoms with van der Waals surface area (Å²) < 4.78 is 29.8. The summed E-state index contributed by atoms with van der Waals surface area (Å²) >= 11 is 3.19. The van der Waals surface area contributed by atoms with Crippen LogP contribution >= 0.6 is 15.9 Å². The molecule has 0 aromatic heterocycles. The highest BCUT2D eigenvalue weighted by atomic mass is 79.9. The SMILES string of the molecule is Cc1ccc(C)c(S(=O)(=O)N=C2C=C(Br)C(=O)c3ccccc32)c1. The molecule has 0 unspecified atom stereocenters. The minimum absolute atomic E-state index is 0.175. The highest BCUT2D eigenvalue weighted by Gasteiger charge is 2.25. The van der Waals surface area contributed by atoms with Gasteiger partial charge in [-0.15, -0.1) is 0 Å². The molecule has 0 amide bonds. The Labute approximate surface area is 149 Å². The highest BCUT2D eigenvalue weighted by Crippen LogP contribution is 2.27. The summed E-state index contributed by atoms with van der Waals surface area (Å²) in [5, 5.41) is 0. The van der Waals surface area contributed by atoms with Gasteiger partial charge in [0.2, 0.25) is 5.78 Å². The summed E-state index contributed by atoms with van der Waals surface area (Å²) in [6.45, 7) is 3.56. The van der Waals surface area contributed by atoms with Gasteiger partial charge in [-0.25, -0.2) is 0 Å². The molecule has 0 radical (unpaired) electrons. The predicted octanol–water partition coefficient (Wildman–Crippen LogP) is 3.96. The number of Topliss-reactive ketones (excluding diaryl/α,β-unsaturated/α-hetero) is 1. The molecule has 0 saturated carbocycles. The first-order valence-corrected chi connectivity index (χ1v) is 9.46. The summed E-state index contributed by atoms with van der Waals surface area (Å²) in [5.41, 5.74) is 2.67. The van der Waals surface area contributed by atoms with E-state index in [1.807, 2.05) is 13.0 Å². The van der Waals surface area contributed by atoms with E-state index in [0.29, 0.717) is 16.7 Å². The lowest BCUT2D eigenvalue weighted by Crippen LogP contribution is -2.16. The van der Waals surface area contributed by atoms with Crippen molar-refractivity contribution in [2.45, 2.75) is 18.7 Å². The van der Waals surface area contributed by atoms with Crippen LogP contribution < -0.4 is 0 Å². The first kappa shape index (κ1) is 16.8. The van der Waals surface area contributed by atoms with Crippen LogP contribution in [-0.4, -0.2) is 19.9 Å². The van der Waals surface area contributed by atoms with Crippen molar-refractivity contribution in [1.82, 2.24) is 0 Å². The van der Waals surface area contributed by atoms with E-state index in [-0.39, 0.29) is 20.9 Å². The van der Waals surface area contributed by atoms with Crippen molar-refractivity contribution in [3.63, 3.8) is 0 Å². The van der Waals surface area contributed by atoms with Gasteiger partial charge in [-0.1, -0.05) is 36.4 Å². The number of rotatable bonds is 2. The number of ketones is 1. The number of carbonyl (C=O) groups excluding carboxylic acids is 1. The van der Waals surface area contributed by atoms with Crippen LogP contribution in [-0.2, 0) is 10.0 Å². The van der Waals surface area contributed by atoms with Crippen molar-refractivity contribution in [3.05, 3.63) is 75.3 Å². The summed E-state index contributed by atoms with van der Waals surface area (Å²) in [4.78, 5) is 12.4. The van der Waals surface area contributed by atoms with E-state index in [2.05, 4.69) is 20.3 Å². The zero-order valence-corrected chi connectivity index (χ0v) is 15.5. The summed E-state index contributed by atoms with van der Waals surface area (Å²) in [6, 6.07) is 12.1. The average Bonchev–Trinajstić information content (AvgIpc) is 2.54. The van der Waals surface area contributed by atoms with E-state index in [1.54, 1.807) is 43.3 Å². The van der Waals surface area contributed by atoms with Crippen LogP contribution in [0.3, 0.4) is 0 Å². The molecule has 0 aliphatic heterocycles. The number of sulfonamides is 1. The molecule has 122 valence electrons. The molecule has 2 aromatic rings. The molecule has 1 aliphatic rings. The third-order valence-corrected chi connectivity index (χ3v) is 5.79. The Kier molecular flexibility index (Phi) is 4.27. The molecule has 0 N–H and O–H groups in total. The molecule has 6 heteroatoms. The van der Waals surface area contributed by atoms with Crippen molar-refractivity contribution in [1.29, 1.82) is 0 Å². The van der Waals surface area contributed by atoms with Crippen LogP contribution in [0.5, 0.6) is 0 Å². The van der Waals surface area contributed by atoms with Crippen molar-refractivity contribution < 1.29 is 13.2 Å². The van der Waals surface area contributed by atoms with E-state index in [1.165, 1.54) is 6.08 Å². The Morgan fingerprint density at radius 2 is 1.67 bits per heavy atom. The number of allylic oxidation sites excluding steroid dienone is 2. The van der Waals surface area contributed by atoms with Gasteiger partial charge in [0.05, 0.1) is 15.1 Å². The number of aryl methyl sites for hydroxylation is 2. The third-order valence-electron chi connectivity index (χ3n) is 3.77. The summed E-state index contributed by atoms with van der Waals surface area (Å²) in [7, 11) is -3.89. The molecule has 0 atom stereocenters. The topological polar surface area (TPSA) is 63.6 Å². The predicted molar refractivity (Wildman–Crippen MR) is 97.4 cm³/mol. The Bertz CT molecular complexity index is 1020. The minimum atomic E-state index is -3.89. The number of hydrogen-bond donors (Lipinski definition) is 0. The molecular weight excluding hydrogens is 390 g/mol. The largest absolute Gasteiger partial charge is 0.288 e. The second-order valence-corrected chi connectivity index (χ2v) is 8.01. The molecular formula is C18H14BrNO3S. The Morgan fingerprint density at radius 1 is 1.00 bits per heavy atom. The lowest BCUT2D eigenvalue weighted by Gasteiger charge is -2.14. The number of hydrogen-bond acceptors (Lipinski definition) is 3. The lowest BCUT2D eigenvalue weighted by molar-refractivity contribution is 0.104. The van der Waals surface area contributed by atoms with Gasteiger partial charge in [-0.2, -0.15) is 12.8 Å². The number of carbonyl (C=O) groups is 1. The molecule has 24 heavy (non-hydrogen) atoms. The summed E-state index contributed by atoms with van der Waals surface area (Å²) in [5.74, 6) is -0.186. The molecule has 0 fully saturated rings. The van der Waals surface area contributed by atoms with Crippen LogP contribution in [0, 0.1) is 13.8 Å². The van der Waals surface area contributed by atoms with E-state index in [0.717, 1.165) is 5.56 Å². The monoisotopic (exact) mass is 403 g/mol. The summed E-state index contributed by atoms with van der Waals surface area (Å²) in [6.07, 6.45) is 1.45. The van der Waals surface area contributed by atoms with Crippen molar-refractivity contribution in [3.8, 4) is 0 Å². The fourth-order valence-electron chi connectivity index (χ4n) is 2.54. The van der Waals surface area contributed by atoms with E-state index in [9.17, 15) is 13.2 Å². The van der Waals surface area contributed by atoms with Crippen LogP contribution in [0.1, 0.15) is 27.0 Å². The van der Waals surface area contributed by atoms with Gasteiger partial charge in [0.1, 0.15) is 0 Å². The van der Waals surface area contributed by atoms with Crippen molar-refractivity contribution in [2.75, 3.05) is 0 Å². The number of fused-ring (bicyclic) bond motifs is 1. The third kappa shape index (κ3) is 2.99. The van der Waals surface area contributed by atoms with Crippen molar-refractivity contribution in [2.24, 2.45) is 4.40 Å². The van der Waals surface area contributed by atoms with Crippen LogP contribution in [0.4, 0.5) is 0 Å². The molecule has 4 nitrogen and oxygen atoms in total. The van der Waals surface area contributed by atoms with Gasteiger partial charge in [-0.3, -0.25) is 4.79 Å². The number of benzene rings is 2. The first-order chi connectivity index (χ1) is 11.3. The smallest absolute Gasteiger partial charge is 0.283 e. The van der Waals surface area contributed by atoms with Crippen molar-refractivity contribution >= 4 is 37.4 Å². The van der Waals surface area contributed by atoms with Crippen LogP contribution in [0.25, 0.3) is 0 Å². The Hall–Kier alpha value is -2.05. The molecule has 0 heterocycles. The normalized spacial score (nSPS) is 16.0. The molecule has 1 aliphatic carbocycles. The second-order valence-electron chi connectivity index (χ2n) is 5.59. The van der Waals surface area contributed by atoms with Gasteiger partial charge in [-0.05, 0) is 53.0 Å². The van der Waals surface area contributed by atoms with E-state index < -0.39 is 10.0 Å². The maximum absolute atomic E-state index is 12.8. The Balaban J connectivity index is 2.20. The van der Waals surface area contributed by atoms with E-state index >= 15 is 0 Å². The zero-order valence-electron chi connectivity index (χ0n) is 13.1. The minimum Gasteiger partial charge on any atom is -0.288 e. The molecule has 0 saturated heterocycles. The molecule has 0 spiro atoms. The lowest BCUT2D eigenvalue weighted by atomic mass is 9.94. The zero-order chi connectivity index (χ0) is 17.5. The van der Waals surface area contributed by atoms with Crippen LogP contribution in [0.2, 0.25) is 0 Å². The van der Waals surface area contributed by atoms with Gasteiger partial charge in [0.15, 0.2) is 0 Å². The fraction of sp³-hybridized carbons (Fsp3) is 0.111. The average molecular weight is 404 g/mol. The Morgan fingerprint density at radius 3 is 2.38 bits per heavy atom.